The molecule has 0 N–H and O–H groups in total. The van der Waals surface area contributed by atoms with E-state index in [1.54, 1.807) is 0 Å². The lowest BCUT2D eigenvalue weighted by molar-refractivity contribution is -0.133. The second kappa shape index (κ2) is 8.55. The molecule has 1 saturated carbocycles. The Labute approximate surface area is 157 Å². The molecule has 0 bridgehead atoms. The minimum atomic E-state index is 0.237. The Bertz CT molecular complexity index is 598. The Morgan fingerprint density at radius 3 is 2.64 bits per heavy atom. The van der Waals surface area contributed by atoms with Crippen molar-refractivity contribution in [2.24, 2.45) is 0 Å². The topological polar surface area (TPSA) is 23.6 Å². The van der Waals surface area contributed by atoms with Gasteiger partial charge < -0.3 is 4.90 Å². The van der Waals surface area contributed by atoms with Gasteiger partial charge in [0, 0.05) is 24.2 Å². The zero-order chi connectivity index (χ0) is 17.8. The number of hydrogen-bond acceptors (Lipinski definition) is 2. The fourth-order valence-electron chi connectivity index (χ4n) is 4.54. The molecule has 1 aromatic carbocycles. The first-order chi connectivity index (χ1) is 12.1. The van der Waals surface area contributed by atoms with E-state index in [2.05, 4.69) is 17.9 Å². The maximum Gasteiger partial charge on any atom is 0.227 e. The third kappa shape index (κ3) is 4.38. The molecule has 0 spiro atoms. The molecule has 1 aromatic rings. The van der Waals surface area contributed by atoms with E-state index in [1.165, 1.54) is 45.2 Å². The third-order valence-electron chi connectivity index (χ3n) is 6.04. The molecule has 4 heteroatoms. The number of nitrogens with zero attached hydrogens (tertiary/aromatic N) is 2. The second-order valence-corrected chi connectivity index (χ2v) is 8.03. The van der Waals surface area contributed by atoms with Crippen LogP contribution in [0.15, 0.2) is 18.2 Å². The van der Waals surface area contributed by atoms with Crippen molar-refractivity contribution in [3.63, 3.8) is 0 Å². The Morgan fingerprint density at radius 1 is 1.20 bits per heavy atom. The molecule has 3 nitrogen and oxygen atoms in total. The molecule has 2 aliphatic rings. The van der Waals surface area contributed by atoms with Crippen molar-refractivity contribution in [2.75, 3.05) is 20.1 Å². The van der Waals surface area contributed by atoms with Gasteiger partial charge in [-0.15, -0.1) is 0 Å². The summed E-state index contributed by atoms with van der Waals surface area (Å²) >= 11 is 6.21. The van der Waals surface area contributed by atoms with Gasteiger partial charge >= 0.3 is 0 Å². The highest BCUT2D eigenvalue weighted by molar-refractivity contribution is 6.31. The summed E-state index contributed by atoms with van der Waals surface area (Å²) in [7, 11) is 2.01. The van der Waals surface area contributed by atoms with Crippen LogP contribution in [0.5, 0.6) is 0 Å². The number of rotatable bonds is 5. The van der Waals surface area contributed by atoms with Crippen molar-refractivity contribution in [1.29, 1.82) is 0 Å². The van der Waals surface area contributed by atoms with E-state index in [1.807, 2.05) is 24.1 Å². The number of hydrogen-bond donors (Lipinski definition) is 0. The fraction of sp³-hybridized carbons (Fsp3) is 0.667. The molecule has 1 amide bonds. The van der Waals surface area contributed by atoms with Gasteiger partial charge in [-0.05, 0) is 62.4 Å². The number of carbonyl (C=O) groups excluding carboxylic acids is 1. The molecule has 138 valence electrons. The SMILES string of the molecule is CCc1cc(CC(=O)N(C)C2CCCCC2N2CCCC2)ccc1Cl. The molecule has 2 atom stereocenters. The van der Waals surface area contributed by atoms with Crippen LogP contribution in [0.2, 0.25) is 5.02 Å². The zero-order valence-corrected chi connectivity index (χ0v) is 16.4. The van der Waals surface area contributed by atoms with Crippen LogP contribution in [0.25, 0.3) is 0 Å². The number of aryl methyl sites for hydroxylation is 1. The molecule has 25 heavy (non-hydrogen) atoms. The summed E-state index contributed by atoms with van der Waals surface area (Å²) in [5, 5.41) is 0.799. The standard InChI is InChI=1S/C21H31ClN2O/c1-3-17-14-16(10-11-18(17)22)15-21(25)23(2)19-8-4-5-9-20(19)24-12-6-7-13-24/h10-11,14,19-20H,3-9,12-13,15H2,1-2H3. The predicted molar refractivity (Wildman–Crippen MR) is 104 cm³/mol. The van der Waals surface area contributed by atoms with Gasteiger partial charge in [-0.1, -0.05) is 43.5 Å². The predicted octanol–water partition coefficient (Wildman–Crippen LogP) is 4.31. The van der Waals surface area contributed by atoms with Crippen molar-refractivity contribution in [3.05, 3.63) is 34.3 Å². The van der Waals surface area contributed by atoms with E-state index < -0.39 is 0 Å². The molecule has 0 aromatic heterocycles. The number of amides is 1. The van der Waals surface area contributed by atoms with Gasteiger partial charge in [0.2, 0.25) is 5.91 Å². The molecular weight excluding hydrogens is 332 g/mol. The molecule has 1 aliphatic heterocycles. The summed E-state index contributed by atoms with van der Waals surface area (Å²) in [5.74, 6) is 0.237. The highest BCUT2D eigenvalue weighted by atomic mass is 35.5. The van der Waals surface area contributed by atoms with Crippen molar-refractivity contribution in [3.8, 4) is 0 Å². The summed E-state index contributed by atoms with van der Waals surface area (Å²) in [6.45, 7) is 4.52. The third-order valence-corrected chi connectivity index (χ3v) is 6.41. The second-order valence-electron chi connectivity index (χ2n) is 7.62. The Hall–Kier alpha value is -1.06. The number of carbonyl (C=O) groups is 1. The largest absolute Gasteiger partial charge is 0.341 e. The van der Waals surface area contributed by atoms with Crippen LogP contribution >= 0.6 is 11.6 Å². The zero-order valence-electron chi connectivity index (χ0n) is 15.6. The van der Waals surface area contributed by atoms with Crippen LogP contribution < -0.4 is 0 Å². The van der Waals surface area contributed by atoms with Gasteiger partial charge in [-0.25, -0.2) is 0 Å². The van der Waals surface area contributed by atoms with Gasteiger partial charge in [0.15, 0.2) is 0 Å². The quantitative estimate of drug-likeness (QED) is 0.779. The summed E-state index contributed by atoms with van der Waals surface area (Å²) in [4.78, 5) is 17.6. The number of likely N-dealkylation sites (N-methyl/N-ethyl adjacent to an activating group) is 1. The number of likely N-dealkylation sites (tertiary alicyclic amines) is 1. The molecule has 3 rings (SSSR count). The summed E-state index contributed by atoms with van der Waals surface area (Å²) in [6.07, 6.45) is 8.93. The van der Waals surface area contributed by atoms with E-state index in [0.717, 1.165) is 29.0 Å². The average molecular weight is 363 g/mol. The highest BCUT2D eigenvalue weighted by Crippen LogP contribution is 2.29. The molecule has 1 aliphatic carbocycles. The van der Waals surface area contributed by atoms with E-state index in [0.29, 0.717) is 18.5 Å². The lowest BCUT2D eigenvalue weighted by atomic mass is 9.88. The van der Waals surface area contributed by atoms with Crippen LogP contribution in [0.1, 0.15) is 56.6 Å². The maximum absolute atomic E-state index is 12.9. The number of halogens is 1. The van der Waals surface area contributed by atoms with Crippen LogP contribution in [-0.4, -0.2) is 47.9 Å². The molecule has 2 fully saturated rings. The number of benzene rings is 1. The van der Waals surface area contributed by atoms with Gasteiger partial charge in [0.25, 0.3) is 0 Å². The first-order valence-corrected chi connectivity index (χ1v) is 10.2. The van der Waals surface area contributed by atoms with Crippen molar-refractivity contribution >= 4 is 17.5 Å². The average Bonchev–Trinajstić information content (AvgIpc) is 3.17. The Balaban J connectivity index is 1.67. The smallest absolute Gasteiger partial charge is 0.227 e. The van der Waals surface area contributed by atoms with Crippen LogP contribution in [-0.2, 0) is 17.6 Å². The minimum absolute atomic E-state index is 0.237. The molecule has 1 saturated heterocycles. The lowest BCUT2D eigenvalue weighted by Gasteiger charge is -2.42. The van der Waals surface area contributed by atoms with Crippen molar-refractivity contribution in [1.82, 2.24) is 9.80 Å². The van der Waals surface area contributed by atoms with E-state index in [4.69, 9.17) is 11.6 Å². The first-order valence-electron chi connectivity index (χ1n) is 9.87. The molecule has 0 radical (unpaired) electrons. The first kappa shape index (κ1) is 18.7. The maximum atomic E-state index is 12.9. The van der Waals surface area contributed by atoms with E-state index in [9.17, 15) is 4.79 Å². The van der Waals surface area contributed by atoms with Crippen molar-refractivity contribution < 1.29 is 4.79 Å². The summed E-state index contributed by atoms with van der Waals surface area (Å²) in [6, 6.07) is 6.94. The monoisotopic (exact) mass is 362 g/mol. The molecule has 1 heterocycles. The molecular formula is C21H31ClN2O. The van der Waals surface area contributed by atoms with Gasteiger partial charge in [0.1, 0.15) is 0 Å². The van der Waals surface area contributed by atoms with E-state index >= 15 is 0 Å². The normalized spacial score (nSPS) is 24.4. The van der Waals surface area contributed by atoms with Gasteiger partial charge in [-0.2, -0.15) is 0 Å². The lowest BCUT2D eigenvalue weighted by Crippen LogP contribution is -2.53. The summed E-state index contributed by atoms with van der Waals surface area (Å²) in [5.41, 5.74) is 2.20. The van der Waals surface area contributed by atoms with Crippen molar-refractivity contribution in [2.45, 2.75) is 70.4 Å². The van der Waals surface area contributed by atoms with Crippen LogP contribution in [0, 0.1) is 0 Å². The van der Waals surface area contributed by atoms with E-state index in [-0.39, 0.29) is 5.91 Å². The van der Waals surface area contributed by atoms with Crippen LogP contribution in [0.3, 0.4) is 0 Å². The van der Waals surface area contributed by atoms with Gasteiger partial charge in [-0.3, -0.25) is 9.69 Å². The van der Waals surface area contributed by atoms with Crippen LogP contribution in [0.4, 0.5) is 0 Å². The summed E-state index contributed by atoms with van der Waals surface area (Å²) < 4.78 is 0. The van der Waals surface area contributed by atoms with Gasteiger partial charge in [0.05, 0.1) is 6.42 Å². The fourth-order valence-corrected chi connectivity index (χ4v) is 4.79. The Kier molecular flexibility index (Phi) is 6.40. The highest BCUT2D eigenvalue weighted by Gasteiger charge is 2.35. The Morgan fingerprint density at radius 2 is 1.92 bits per heavy atom. The minimum Gasteiger partial charge on any atom is -0.341 e. The molecule has 2 unspecified atom stereocenters.